The van der Waals surface area contributed by atoms with Gasteiger partial charge in [-0.3, -0.25) is 9.36 Å². The van der Waals surface area contributed by atoms with Crippen LogP contribution in [-0.2, 0) is 6.42 Å². The van der Waals surface area contributed by atoms with E-state index in [0.717, 1.165) is 24.2 Å². The highest BCUT2D eigenvalue weighted by Gasteiger charge is 2.25. The molecule has 0 bridgehead atoms. The van der Waals surface area contributed by atoms with E-state index in [1.807, 2.05) is 32.0 Å². The average Bonchev–Trinajstić information content (AvgIpc) is 3.35. The van der Waals surface area contributed by atoms with Gasteiger partial charge in [0.2, 0.25) is 5.82 Å². The van der Waals surface area contributed by atoms with E-state index in [4.69, 9.17) is 4.74 Å². The van der Waals surface area contributed by atoms with Crippen molar-refractivity contribution in [3.05, 3.63) is 47.8 Å². The van der Waals surface area contributed by atoms with E-state index in [1.54, 1.807) is 29.9 Å². The molecule has 0 aliphatic carbocycles. The summed E-state index contributed by atoms with van der Waals surface area (Å²) in [6.45, 7) is 4.54. The minimum Gasteiger partial charge on any atom is -0.507 e. The summed E-state index contributed by atoms with van der Waals surface area (Å²) in [5, 5.41) is 25.4. The molecule has 0 atom stereocenters. The Hall–Kier alpha value is -3.55. The van der Waals surface area contributed by atoms with E-state index in [9.17, 15) is 9.90 Å². The maximum absolute atomic E-state index is 12.8. The molecule has 0 saturated heterocycles. The highest BCUT2D eigenvalue weighted by Crippen LogP contribution is 2.39. The van der Waals surface area contributed by atoms with Gasteiger partial charge in [-0.1, -0.05) is 0 Å². The molecule has 8 nitrogen and oxygen atoms in total. The van der Waals surface area contributed by atoms with E-state index < -0.39 is 0 Å². The summed E-state index contributed by atoms with van der Waals surface area (Å²) in [6, 6.07) is 10.9. The first-order valence-electron chi connectivity index (χ1n) is 9.49. The maximum atomic E-state index is 12.8. The van der Waals surface area contributed by atoms with Crippen molar-refractivity contribution >= 4 is 11.6 Å². The zero-order valence-electron chi connectivity index (χ0n) is 16.6. The van der Waals surface area contributed by atoms with E-state index in [0.29, 0.717) is 22.8 Å². The predicted octanol–water partition coefficient (Wildman–Crippen LogP) is 2.75. The molecule has 1 amide bonds. The van der Waals surface area contributed by atoms with Gasteiger partial charge in [0.1, 0.15) is 11.5 Å². The Morgan fingerprint density at radius 1 is 1.21 bits per heavy atom. The third-order valence-electron chi connectivity index (χ3n) is 4.83. The Balaban J connectivity index is 1.88. The van der Waals surface area contributed by atoms with E-state index >= 15 is 0 Å². The third kappa shape index (κ3) is 3.37. The number of hydrogen-bond acceptors (Lipinski definition) is 6. The molecule has 8 heteroatoms. The second-order valence-corrected chi connectivity index (χ2v) is 7.17. The minimum absolute atomic E-state index is 0.0496. The van der Waals surface area contributed by atoms with Gasteiger partial charge < -0.3 is 20.5 Å². The predicted molar refractivity (Wildman–Crippen MR) is 110 cm³/mol. The number of aromatic hydroxyl groups is 1. The van der Waals surface area contributed by atoms with Crippen LogP contribution in [0.15, 0.2) is 36.4 Å². The number of methoxy groups -OCH3 is 1. The zero-order chi connectivity index (χ0) is 20.5. The molecule has 3 N–H and O–H groups in total. The smallest absolute Gasteiger partial charge is 0.289 e. The number of benzene rings is 2. The fraction of sp³-hybridized carbons (Fsp3) is 0.286. The van der Waals surface area contributed by atoms with E-state index in [-0.39, 0.29) is 23.5 Å². The van der Waals surface area contributed by atoms with Crippen molar-refractivity contribution in [3.8, 4) is 28.6 Å². The lowest BCUT2D eigenvalue weighted by atomic mass is 10.1. The van der Waals surface area contributed by atoms with Crippen molar-refractivity contribution in [3.63, 3.8) is 0 Å². The highest BCUT2D eigenvalue weighted by atomic mass is 16.5. The summed E-state index contributed by atoms with van der Waals surface area (Å²) >= 11 is 0. The zero-order valence-corrected chi connectivity index (χ0v) is 16.6. The minimum atomic E-state index is -0.336. The molecule has 1 aromatic heterocycles. The summed E-state index contributed by atoms with van der Waals surface area (Å²) in [4.78, 5) is 12.8. The topological polar surface area (TPSA) is 101 Å². The number of anilines is 1. The molecule has 0 saturated carbocycles. The van der Waals surface area contributed by atoms with Crippen LogP contribution in [0, 0.1) is 0 Å². The quantitative estimate of drug-likeness (QED) is 0.616. The molecular weight excluding hydrogens is 370 g/mol. The molecule has 0 fully saturated rings. The summed E-state index contributed by atoms with van der Waals surface area (Å²) < 4.78 is 6.89. The van der Waals surface area contributed by atoms with Gasteiger partial charge >= 0.3 is 0 Å². The Morgan fingerprint density at radius 2 is 1.97 bits per heavy atom. The number of aromatic nitrogens is 3. The van der Waals surface area contributed by atoms with Crippen LogP contribution in [0.4, 0.5) is 5.69 Å². The van der Waals surface area contributed by atoms with Gasteiger partial charge in [-0.15, -0.1) is 10.2 Å². The number of phenolic OH excluding ortho intramolecular Hbond substituents is 1. The molecule has 150 valence electrons. The molecule has 1 aliphatic heterocycles. The fourth-order valence-corrected chi connectivity index (χ4v) is 3.47. The standard InChI is InChI=1S/C21H23N5O3/c1-12(2)23-21(28)20-25-24-19(26(20)13-4-6-14(29-3)7-5-13)16-8-9-17-15(18(16)27)10-11-22-17/h4-9,12,22,27H,10-11H2,1-3H3,(H,23,28). The largest absolute Gasteiger partial charge is 0.507 e. The molecule has 4 rings (SSSR count). The lowest BCUT2D eigenvalue weighted by Crippen LogP contribution is -2.32. The molecule has 2 heterocycles. The third-order valence-corrected chi connectivity index (χ3v) is 4.83. The van der Waals surface area contributed by atoms with Crippen molar-refractivity contribution in [2.24, 2.45) is 0 Å². The first-order valence-corrected chi connectivity index (χ1v) is 9.49. The SMILES string of the molecule is COc1ccc(-n2c(C(=O)NC(C)C)nnc2-c2ccc3c(c2O)CCN3)cc1. The summed E-state index contributed by atoms with van der Waals surface area (Å²) in [5.74, 6) is 1.07. The van der Waals surface area contributed by atoms with Crippen molar-refractivity contribution in [2.75, 3.05) is 19.0 Å². The number of hydrogen-bond donors (Lipinski definition) is 3. The maximum Gasteiger partial charge on any atom is 0.289 e. The molecule has 0 unspecified atom stereocenters. The van der Waals surface area contributed by atoms with Crippen LogP contribution in [-0.4, -0.2) is 45.5 Å². The number of rotatable bonds is 5. The van der Waals surface area contributed by atoms with Gasteiger partial charge in [-0.25, -0.2) is 0 Å². The molecule has 2 aromatic carbocycles. The number of carbonyl (C=O) groups excluding carboxylic acids is 1. The lowest BCUT2D eigenvalue weighted by Gasteiger charge is -2.14. The van der Waals surface area contributed by atoms with Gasteiger partial charge in [-0.2, -0.15) is 0 Å². The van der Waals surface area contributed by atoms with Crippen molar-refractivity contribution < 1.29 is 14.6 Å². The number of fused-ring (bicyclic) bond motifs is 1. The average molecular weight is 393 g/mol. The van der Waals surface area contributed by atoms with Crippen molar-refractivity contribution in [2.45, 2.75) is 26.3 Å². The van der Waals surface area contributed by atoms with E-state index in [1.165, 1.54) is 0 Å². The van der Waals surface area contributed by atoms with Crippen molar-refractivity contribution in [1.29, 1.82) is 0 Å². The molecular formula is C21H23N5O3. The van der Waals surface area contributed by atoms with Crippen molar-refractivity contribution in [1.82, 2.24) is 20.1 Å². The lowest BCUT2D eigenvalue weighted by molar-refractivity contribution is 0.0930. The second kappa shape index (κ2) is 7.46. The molecule has 0 spiro atoms. The number of ether oxygens (including phenoxy) is 1. The van der Waals surface area contributed by atoms with Crippen LogP contribution in [0.25, 0.3) is 17.1 Å². The summed E-state index contributed by atoms with van der Waals surface area (Å²) in [5.41, 5.74) is 2.98. The van der Waals surface area contributed by atoms with Crippen LogP contribution < -0.4 is 15.4 Å². The van der Waals surface area contributed by atoms with Crippen LogP contribution in [0.2, 0.25) is 0 Å². The Bertz CT molecular complexity index is 1060. The Labute approximate surface area is 168 Å². The number of nitrogens with one attached hydrogen (secondary N) is 2. The number of nitrogens with zero attached hydrogens (tertiary/aromatic N) is 3. The number of amides is 1. The first-order chi connectivity index (χ1) is 14.0. The monoisotopic (exact) mass is 393 g/mol. The molecule has 0 radical (unpaired) electrons. The second-order valence-electron chi connectivity index (χ2n) is 7.17. The highest BCUT2D eigenvalue weighted by molar-refractivity contribution is 5.92. The molecule has 1 aliphatic rings. The molecule has 29 heavy (non-hydrogen) atoms. The number of phenols is 1. The normalized spacial score (nSPS) is 12.6. The van der Waals surface area contributed by atoms with Crippen LogP contribution in [0.5, 0.6) is 11.5 Å². The van der Waals surface area contributed by atoms with Crippen LogP contribution in [0.1, 0.15) is 30.0 Å². The van der Waals surface area contributed by atoms with Gasteiger partial charge in [0, 0.05) is 29.5 Å². The van der Waals surface area contributed by atoms with Gasteiger partial charge in [0.05, 0.1) is 12.7 Å². The Morgan fingerprint density at radius 3 is 2.66 bits per heavy atom. The van der Waals surface area contributed by atoms with Gasteiger partial charge in [-0.05, 0) is 56.7 Å². The Kier molecular flexibility index (Phi) is 4.84. The van der Waals surface area contributed by atoms with Gasteiger partial charge in [0.15, 0.2) is 5.82 Å². The summed E-state index contributed by atoms with van der Waals surface area (Å²) in [6.07, 6.45) is 0.729. The number of carbonyl (C=O) groups is 1. The van der Waals surface area contributed by atoms with Crippen LogP contribution >= 0.6 is 0 Å². The first kappa shape index (κ1) is 18.8. The van der Waals surface area contributed by atoms with E-state index in [2.05, 4.69) is 20.8 Å². The summed E-state index contributed by atoms with van der Waals surface area (Å²) in [7, 11) is 1.59. The fourth-order valence-electron chi connectivity index (χ4n) is 3.47. The molecule has 3 aromatic rings. The van der Waals surface area contributed by atoms with Crippen LogP contribution in [0.3, 0.4) is 0 Å². The van der Waals surface area contributed by atoms with Gasteiger partial charge in [0.25, 0.3) is 5.91 Å².